The van der Waals surface area contributed by atoms with Crippen LogP contribution in [0.1, 0.15) is 24.0 Å². The molecule has 0 unspecified atom stereocenters. The van der Waals surface area contributed by atoms with E-state index in [1.54, 1.807) is 0 Å². The number of nitriles is 2. The lowest BCUT2D eigenvalue weighted by Gasteiger charge is -2.15. The number of nitrogens with zero attached hydrogens (tertiary/aromatic N) is 10. The molecule has 0 spiro atoms. The Morgan fingerprint density at radius 2 is 0.821 bits per heavy atom. The molecule has 78 heavy (non-hydrogen) atoms. The number of H-pyrrole nitrogens is 4. The summed E-state index contributed by atoms with van der Waals surface area (Å²) in [5, 5.41) is 18.3. The maximum absolute atomic E-state index is 12.8. The van der Waals surface area contributed by atoms with Crippen LogP contribution in [0.5, 0.6) is 0 Å². The van der Waals surface area contributed by atoms with Crippen LogP contribution < -0.4 is 32.3 Å². The molecule has 10 N–H and O–H groups in total. The van der Waals surface area contributed by atoms with Gasteiger partial charge in [-0.25, -0.2) is 20.0 Å². The fraction of sp³-hybridized carbons (Fsp3) is 0.150. The zero-order valence-corrected chi connectivity index (χ0v) is 44.3. The average Bonchev–Trinajstić information content (AvgIpc) is 3.32. The van der Waals surface area contributed by atoms with Crippen molar-refractivity contribution in [1.29, 1.82) is 10.5 Å². The summed E-state index contributed by atoms with van der Waals surface area (Å²) in [5.74, 6) is -0.242. The molecule has 0 saturated carbocycles. The van der Waals surface area contributed by atoms with Crippen molar-refractivity contribution < 1.29 is 77.8 Å². The van der Waals surface area contributed by atoms with Gasteiger partial charge in [-0.2, -0.15) is 71.0 Å². The highest BCUT2D eigenvalue weighted by molar-refractivity contribution is 7.87. The molecule has 6 aromatic rings. The van der Waals surface area contributed by atoms with Gasteiger partial charge in [-0.3, -0.25) is 47.3 Å². The first-order chi connectivity index (χ1) is 36.1. The van der Waals surface area contributed by atoms with E-state index in [2.05, 4.69) is 49.9 Å². The lowest BCUT2D eigenvalue weighted by atomic mass is 10.1. The summed E-state index contributed by atoms with van der Waals surface area (Å²) < 4.78 is 207. The maximum Gasteiger partial charge on any atom is 0.296 e. The van der Waals surface area contributed by atoms with Crippen LogP contribution >= 0.6 is 0 Å². The van der Waals surface area contributed by atoms with E-state index in [0.717, 1.165) is 36.4 Å². The molecule has 38 heteroatoms. The van der Waals surface area contributed by atoms with E-state index in [1.807, 2.05) is 12.1 Å². The van der Waals surface area contributed by atoms with Crippen LogP contribution in [0.25, 0.3) is 12.2 Å². The molecule has 0 bridgehead atoms. The molecular weight excluding hydrogens is 1160 g/mol. The zero-order chi connectivity index (χ0) is 57.8. The van der Waals surface area contributed by atoms with Crippen LogP contribution in [0.4, 0.5) is 34.6 Å². The van der Waals surface area contributed by atoms with Gasteiger partial charge in [0.15, 0.2) is 0 Å². The molecule has 0 fully saturated rings. The van der Waals surface area contributed by atoms with Crippen LogP contribution in [0.15, 0.2) is 122 Å². The van der Waals surface area contributed by atoms with E-state index in [1.165, 1.54) is 36.0 Å². The Morgan fingerprint density at radius 1 is 0.474 bits per heavy atom. The Balaban J connectivity index is 1.47. The normalized spacial score (nSPS) is 13.7. The van der Waals surface area contributed by atoms with Gasteiger partial charge in [-0.1, -0.05) is 24.3 Å². The summed E-state index contributed by atoms with van der Waals surface area (Å²) in [4.78, 5) is 33.1. The van der Waals surface area contributed by atoms with Crippen LogP contribution in [0.3, 0.4) is 0 Å². The third kappa shape index (κ3) is 15.3. The Bertz CT molecular complexity index is 4250. The van der Waals surface area contributed by atoms with Crippen LogP contribution in [0, 0.1) is 22.7 Å². The Labute approximate surface area is 441 Å². The van der Waals surface area contributed by atoms with E-state index >= 15 is 0 Å². The van der Waals surface area contributed by atoms with Crippen molar-refractivity contribution in [2.24, 2.45) is 20.0 Å². The highest BCUT2D eigenvalue weighted by atomic mass is 32.2. The molecule has 0 aliphatic heterocycles. The monoisotopic (exact) mass is 1190 g/mol. The van der Waals surface area contributed by atoms with Crippen molar-refractivity contribution in [3.63, 3.8) is 0 Å². The number of hydrogen-bond acceptors (Lipinski definition) is 22. The second-order valence-corrected chi connectivity index (χ2v) is 24.1. The highest BCUT2D eigenvalue weighted by Crippen LogP contribution is 2.30. The van der Waals surface area contributed by atoms with Gasteiger partial charge in [0.25, 0.3) is 60.7 Å². The van der Waals surface area contributed by atoms with E-state index < -0.39 is 124 Å². The molecule has 0 atom stereocenters. The van der Waals surface area contributed by atoms with E-state index in [4.69, 9.17) is 10.5 Å². The van der Waals surface area contributed by atoms with Crippen molar-refractivity contribution in [2.45, 2.75) is 42.2 Å². The number of rotatable bonds is 18. The Morgan fingerprint density at radius 3 is 1.13 bits per heavy atom. The van der Waals surface area contributed by atoms with E-state index in [9.17, 15) is 77.8 Å². The minimum atomic E-state index is -5.16. The molecule has 4 aromatic carbocycles. The molecule has 0 amide bonds. The van der Waals surface area contributed by atoms with Crippen molar-refractivity contribution in [2.75, 3.05) is 37.0 Å². The molecule has 32 nitrogen and oxygen atoms in total. The van der Waals surface area contributed by atoms with E-state index in [-0.39, 0.29) is 60.3 Å². The third-order valence-corrected chi connectivity index (χ3v) is 15.4. The van der Waals surface area contributed by atoms with Gasteiger partial charge in [0.05, 0.1) is 57.5 Å². The molecule has 0 aliphatic carbocycles. The topological polar surface area (TPSA) is 519 Å². The predicted octanol–water partition coefficient (Wildman–Crippen LogP) is 1.07. The maximum atomic E-state index is 12.8. The number of benzene rings is 4. The number of aromatic amines is 4. The highest BCUT2D eigenvalue weighted by Gasteiger charge is 2.23. The molecule has 0 saturated heterocycles. The summed E-state index contributed by atoms with van der Waals surface area (Å²) >= 11 is 0. The first-order valence-electron chi connectivity index (χ1n) is 21.0. The molecule has 412 valence electrons. The smallest absolute Gasteiger partial charge is 0.296 e. The van der Waals surface area contributed by atoms with Crippen molar-refractivity contribution in [1.82, 2.24) is 29.9 Å². The lowest BCUT2D eigenvalue weighted by Crippen LogP contribution is -2.32. The second kappa shape index (κ2) is 22.8. The van der Waals surface area contributed by atoms with Gasteiger partial charge in [-0.15, -0.1) is 0 Å². The molecule has 0 aliphatic rings. The first kappa shape index (κ1) is 59.1. The Kier molecular flexibility index (Phi) is 17.3. The molecule has 2 aromatic heterocycles. The minimum Gasteiger partial charge on any atom is -0.344 e. The van der Waals surface area contributed by atoms with E-state index in [0.29, 0.717) is 36.4 Å². The number of nitrogens with one attached hydrogen (secondary N) is 4. The average molecular weight is 1200 g/mol. The molecule has 2 heterocycles. The quantitative estimate of drug-likeness (QED) is 0.0425. The number of aromatic nitrogens is 6. The molecule has 0 radical (unpaired) electrons. The van der Waals surface area contributed by atoms with Gasteiger partial charge >= 0.3 is 0 Å². The third-order valence-electron chi connectivity index (χ3n) is 10.1. The predicted molar refractivity (Wildman–Crippen MR) is 267 cm³/mol. The van der Waals surface area contributed by atoms with Crippen molar-refractivity contribution in [3.8, 4) is 12.1 Å². The summed E-state index contributed by atoms with van der Waals surface area (Å²) in [5.41, 5.74) is -4.28. The lowest BCUT2D eigenvalue weighted by molar-refractivity contribution is 0.478. The molecular formula is C40H38N14O18S6. The van der Waals surface area contributed by atoms with Gasteiger partial charge in [-0.05, 0) is 71.8 Å². The van der Waals surface area contributed by atoms with Crippen LogP contribution in [0.2, 0.25) is 0 Å². The Hall–Kier alpha value is -8.12. The second-order valence-electron chi connectivity index (χ2n) is 15.7. The summed E-state index contributed by atoms with van der Waals surface area (Å²) in [6.45, 7) is 0.0499. The van der Waals surface area contributed by atoms with Crippen molar-refractivity contribution in [3.05, 3.63) is 106 Å². The largest absolute Gasteiger partial charge is 0.344 e. The summed E-state index contributed by atoms with van der Waals surface area (Å²) in [6, 6.07) is 14.0. The van der Waals surface area contributed by atoms with Crippen LogP contribution in [-0.2, 0) is 60.7 Å². The van der Waals surface area contributed by atoms with Crippen LogP contribution in [-0.4, -0.2) is 135 Å². The SMILES string of the molecule is CN(CCC#N)c1nc(=Nc2ccc(C=Cc3ccc(N=c4nc(N(C)CCC#N)[nH]c(=Nc5cc(S(=O)(=O)O)ccc5S(=O)(=O)O)[nH]4)cc3S(=O)(=O)O)c(S(=O)(=O)O)c2)[nH]c(=Nc2cc(S(=O)(=O)O)ccc2S(=O)(=O)O)[nH]1. The van der Waals surface area contributed by atoms with Gasteiger partial charge in [0.1, 0.15) is 19.6 Å². The number of anilines is 2. The fourth-order valence-electron chi connectivity index (χ4n) is 6.52. The van der Waals surface area contributed by atoms with Crippen molar-refractivity contribution >= 4 is 108 Å². The molecule has 6 rings (SSSR count). The van der Waals surface area contributed by atoms with Gasteiger partial charge in [0, 0.05) is 27.2 Å². The van der Waals surface area contributed by atoms with Gasteiger partial charge in [0.2, 0.25) is 34.4 Å². The van der Waals surface area contributed by atoms with Gasteiger partial charge < -0.3 is 9.80 Å². The number of hydrogen-bond donors (Lipinski definition) is 10. The zero-order valence-electron chi connectivity index (χ0n) is 39.4. The first-order valence-corrected chi connectivity index (χ1v) is 29.6. The standard InChI is InChI=1S/C40H38N14O18S6/c1-53(17-3-15-41)39-49-35(47-37(51-39)45-29-21-27(73(55,56)57)11-13-31(29)75(61,62)63)43-25-9-7-23(33(19-25)77(67,68)69)5-6-24-8-10-26(20-34(24)78(70,71)72)44-36-48-38(52-40(50-36)54(2)18-4-16-42)46-30-22-28(74(58,59)60)12-14-32(30)76(64,65)66/h5-14,19-22H,3-4,17-18H2,1-2H3,(H,55,56,57)(H,58,59,60)(H,61,62,63)(H,64,65,66)(H,67,68,69)(H,70,71,72)(H2,43,45,47,49,51)(H2,44,46,48,50,52). The fourth-order valence-corrected chi connectivity index (χ4v) is 10.1. The minimum absolute atomic E-state index is 0.0249. The summed E-state index contributed by atoms with van der Waals surface area (Å²) in [7, 11) is -27.4. The summed E-state index contributed by atoms with van der Waals surface area (Å²) in [6.07, 6.45) is 1.96.